The Balaban J connectivity index is 1.85. The van der Waals surface area contributed by atoms with Crippen molar-refractivity contribution in [3.8, 4) is 17.0 Å². The maximum Gasteiger partial charge on any atom is 0.436 e. The molecule has 30 heavy (non-hydrogen) atoms. The number of benzene rings is 1. The van der Waals surface area contributed by atoms with Crippen LogP contribution in [0, 0.1) is 0 Å². The van der Waals surface area contributed by atoms with Gasteiger partial charge in [0.2, 0.25) is 15.9 Å². The number of alkyl halides is 3. The minimum Gasteiger partial charge on any atom is -0.481 e. The van der Waals surface area contributed by atoms with Crippen LogP contribution >= 0.6 is 0 Å². The van der Waals surface area contributed by atoms with E-state index in [1.54, 1.807) is 43.5 Å². The third-order valence-corrected chi connectivity index (χ3v) is 5.91. The Kier molecular flexibility index (Phi) is 5.86. The summed E-state index contributed by atoms with van der Waals surface area (Å²) in [7, 11) is -1.73. The number of aromatic nitrogens is 3. The van der Waals surface area contributed by atoms with Crippen LogP contribution in [0.1, 0.15) is 24.2 Å². The van der Waals surface area contributed by atoms with Gasteiger partial charge in [-0.3, -0.25) is 4.68 Å². The van der Waals surface area contributed by atoms with Crippen LogP contribution in [0.4, 0.5) is 13.2 Å². The molecule has 1 N–H and O–H groups in total. The highest BCUT2D eigenvalue weighted by Crippen LogP contribution is 2.33. The van der Waals surface area contributed by atoms with E-state index in [2.05, 4.69) is 14.8 Å². The Bertz CT molecular complexity index is 1140. The molecule has 7 nitrogen and oxygen atoms in total. The molecular weight excluding hydrogens is 421 g/mol. The molecule has 1 aromatic carbocycles. The number of halogens is 3. The topological polar surface area (TPSA) is 86.1 Å². The van der Waals surface area contributed by atoms with Crippen LogP contribution in [0.25, 0.3) is 11.1 Å². The maximum atomic E-state index is 13.1. The lowest BCUT2D eigenvalue weighted by Gasteiger charge is -2.16. The smallest absolute Gasteiger partial charge is 0.436 e. The third kappa shape index (κ3) is 4.46. The normalized spacial score (nSPS) is 13.3. The van der Waals surface area contributed by atoms with Gasteiger partial charge in [-0.2, -0.15) is 18.3 Å². The lowest BCUT2D eigenvalue weighted by atomic mass is 10.0. The second-order valence-corrected chi connectivity index (χ2v) is 8.22. The third-order valence-electron chi connectivity index (χ3n) is 4.37. The standard InChI is InChI=1S/C19H19F3N4O3S/c1-12(25-30(27,28)16-11-26(2)24-17(16)19(20,21)22)13-6-8-14(9-7-13)15-5-4-10-23-18(15)29-3/h4-12,25H,1-3H3/t12-/m1/s1. The Morgan fingerprint density at radius 1 is 1.17 bits per heavy atom. The largest absolute Gasteiger partial charge is 0.481 e. The van der Waals surface area contributed by atoms with E-state index in [1.807, 2.05) is 6.07 Å². The van der Waals surface area contributed by atoms with E-state index in [9.17, 15) is 21.6 Å². The molecule has 0 fully saturated rings. The number of pyridine rings is 1. The van der Waals surface area contributed by atoms with Crippen LogP contribution in [0.2, 0.25) is 0 Å². The minimum absolute atomic E-state index is 0.440. The Labute approximate surface area is 171 Å². The predicted octanol–water partition coefficient (Wildman–Crippen LogP) is 3.55. The minimum atomic E-state index is -4.89. The zero-order chi connectivity index (χ0) is 22.1. The number of hydrogen-bond acceptors (Lipinski definition) is 5. The number of ether oxygens (including phenoxy) is 1. The molecule has 3 aromatic rings. The zero-order valence-corrected chi connectivity index (χ0v) is 17.1. The number of nitrogens with one attached hydrogen (secondary N) is 1. The van der Waals surface area contributed by atoms with E-state index < -0.39 is 32.8 Å². The number of aryl methyl sites for hydroxylation is 1. The van der Waals surface area contributed by atoms with Crippen LogP contribution in [0.3, 0.4) is 0 Å². The van der Waals surface area contributed by atoms with Crippen molar-refractivity contribution in [1.82, 2.24) is 19.5 Å². The summed E-state index contributed by atoms with van der Waals surface area (Å²) in [5.41, 5.74) is 0.668. The fourth-order valence-corrected chi connectivity index (χ4v) is 4.38. The fraction of sp³-hybridized carbons (Fsp3) is 0.263. The lowest BCUT2D eigenvalue weighted by molar-refractivity contribution is -0.143. The van der Waals surface area contributed by atoms with Gasteiger partial charge in [0, 0.05) is 31.0 Å². The SMILES string of the molecule is COc1ncccc1-c1ccc([C@@H](C)NS(=O)(=O)c2cn(C)nc2C(F)(F)F)cc1. The second kappa shape index (κ2) is 8.07. The van der Waals surface area contributed by atoms with Gasteiger partial charge in [0.05, 0.1) is 7.11 Å². The van der Waals surface area contributed by atoms with Gasteiger partial charge >= 0.3 is 6.18 Å². The van der Waals surface area contributed by atoms with Crippen molar-refractivity contribution in [3.05, 3.63) is 60.0 Å². The van der Waals surface area contributed by atoms with Crippen LogP contribution < -0.4 is 9.46 Å². The van der Waals surface area contributed by atoms with Crippen molar-refractivity contribution in [1.29, 1.82) is 0 Å². The number of rotatable bonds is 6. The number of nitrogens with zero attached hydrogens (tertiary/aromatic N) is 3. The molecule has 1 atom stereocenters. The van der Waals surface area contributed by atoms with Gasteiger partial charge in [-0.05, 0) is 30.2 Å². The van der Waals surface area contributed by atoms with Gasteiger partial charge in [0.1, 0.15) is 4.90 Å². The molecule has 11 heteroatoms. The molecule has 0 bridgehead atoms. The van der Waals surface area contributed by atoms with Gasteiger partial charge < -0.3 is 4.74 Å². The van der Waals surface area contributed by atoms with Crippen molar-refractivity contribution in [3.63, 3.8) is 0 Å². The van der Waals surface area contributed by atoms with Crippen molar-refractivity contribution in [2.75, 3.05) is 7.11 Å². The molecule has 0 saturated carbocycles. The summed E-state index contributed by atoms with van der Waals surface area (Å²) in [6, 6.07) is 9.69. The highest BCUT2D eigenvalue weighted by molar-refractivity contribution is 7.89. The van der Waals surface area contributed by atoms with Gasteiger partial charge in [-0.1, -0.05) is 24.3 Å². The van der Waals surface area contributed by atoms with Crippen molar-refractivity contribution >= 4 is 10.0 Å². The van der Waals surface area contributed by atoms with E-state index in [0.717, 1.165) is 22.0 Å². The van der Waals surface area contributed by atoms with Crippen LogP contribution in [0.15, 0.2) is 53.7 Å². The van der Waals surface area contributed by atoms with Crippen LogP contribution in [-0.2, 0) is 23.2 Å². The number of sulfonamides is 1. The first-order chi connectivity index (χ1) is 14.0. The Morgan fingerprint density at radius 3 is 2.43 bits per heavy atom. The number of hydrogen-bond donors (Lipinski definition) is 1. The van der Waals surface area contributed by atoms with Crippen molar-refractivity contribution in [2.45, 2.75) is 24.0 Å². The van der Waals surface area contributed by atoms with E-state index in [0.29, 0.717) is 11.4 Å². The van der Waals surface area contributed by atoms with E-state index in [1.165, 1.54) is 14.2 Å². The first-order valence-corrected chi connectivity index (χ1v) is 10.2. The fourth-order valence-electron chi connectivity index (χ4n) is 2.95. The Morgan fingerprint density at radius 2 is 1.83 bits per heavy atom. The molecular formula is C19H19F3N4O3S. The monoisotopic (exact) mass is 440 g/mol. The molecule has 0 unspecified atom stereocenters. The molecule has 2 aromatic heterocycles. The summed E-state index contributed by atoms with van der Waals surface area (Å²) in [5.74, 6) is 0.440. The van der Waals surface area contributed by atoms with E-state index in [4.69, 9.17) is 4.74 Å². The summed E-state index contributed by atoms with van der Waals surface area (Å²) < 4.78 is 72.9. The van der Waals surface area contributed by atoms with Gasteiger partial charge in [0.25, 0.3) is 0 Å². The molecule has 0 amide bonds. The van der Waals surface area contributed by atoms with Gasteiger partial charge in [0.15, 0.2) is 5.69 Å². The Hall–Kier alpha value is -2.92. The molecule has 2 heterocycles. The molecule has 0 spiro atoms. The summed E-state index contributed by atoms with van der Waals surface area (Å²) >= 11 is 0. The maximum absolute atomic E-state index is 13.1. The predicted molar refractivity (Wildman–Crippen MR) is 103 cm³/mol. The second-order valence-electron chi connectivity index (χ2n) is 6.54. The summed E-state index contributed by atoms with van der Waals surface area (Å²) in [6.07, 6.45) is -2.46. The summed E-state index contributed by atoms with van der Waals surface area (Å²) in [4.78, 5) is 3.21. The average Bonchev–Trinajstić information content (AvgIpc) is 3.11. The summed E-state index contributed by atoms with van der Waals surface area (Å²) in [6.45, 7) is 1.54. The van der Waals surface area contributed by atoms with E-state index in [-0.39, 0.29) is 0 Å². The van der Waals surface area contributed by atoms with Crippen molar-refractivity contribution < 1.29 is 26.3 Å². The molecule has 0 aliphatic carbocycles. The quantitative estimate of drug-likeness (QED) is 0.634. The lowest BCUT2D eigenvalue weighted by Crippen LogP contribution is -2.28. The molecule has 160 valence electrons. The first-order valence-electron chi connectivity index (χ1n) is 8.75. The van der Waals surface area contributed by atoms with Crippen LogP contribution in [-0.4, -0.2) is 30.3 Å². The van der Waals surface area contributed by atoms with E-state index >= 15 is 0 Å². The number of methoxy groups -OCH3 is 1. The molecule has 0 radical (unpaired) electrons. The first kappa shape index (κ1) is 21.8. The zero-order valence-electron chi connectivity index (χ0n) is 16.3. The molecule has 0 aliphatic heterocycles. The van der Waals surface area contributed by atoms with Crippen molar-refractivity contribution in [2.24, 2.45) is 7.05 Å². The van der Waals surface area contributed by atoms with Gasteiger partial charge in [-0.25, -0.2) is 18.1 Å². The highest BCUT2D eigenvalue weighted by Gasteiger charge is 2.41. The van der Waals surface area contributed by atoms with Crippen LogP contribution in [0.5, 0.6) is 5.88 Å². The average molecular weight is 440 g/mol. The van der Waals surface area contributed by atoms with Gasteiger partial charge in [-0.15, -0.1) is 0 Å². The molecule has 0 saturated heterocycles. The molecule has 3 rings (SSSR count). The molecule has 0 aliphatic rings. The summed E-state index contributed by atoms with van der Waals surface area (Å²) in [5, 5.41) is 3.24. The highest BCUT2D eigenvalue weighted by atomic mass is 32.2.